The third-order valence-electron chi connectivity index (χ3n) is 3.18. The molecule has 0 aliphatic rings. The van der Waals surface area contributed by atoms with Crippen LogP contribution in [-0.2, 0) is 0 Å². The minimum atomic E-state index is -0.470. The van der Waals surface area contributed by atoms with Gasteiger partial charge in [-0.15, -0.1) is 11.8 Å². The maximum absolute atomic E-state index is 13.0. The first-order valence-corrected chi connectivity index (χ1v) is 7.58. The molecule has 5 heteroatoms. The number of phenols is 1. The number of aromatic hydroxyl groups is 1. The molecule has 21 heavy (non-hydrogen) atoms. The van der Waals surface area contributed by atoms with Gasteiger partial charge in [0.15, 0.2) is 0 Å². The van der Waals surface area contributed by atoms with Crippen LogP contribution in [-0.4, -0.2) is 16.3 Å². The summed E-state index contributed by atoms with van der Waals surface area (Å²) in [6.07, 6.45) is 3.71. The standard InChI is InChI=1S/C16H13FN2OS/c1-21-11-3-5-13-12(9-11)14(6-7-18-13)19-15-4-2-10(17)8-16(15)20/h2-9,20H,1H3,(H,18,19). The van der Waals surface area contributed by atoms with Crippen LogP contribution in [0.3, 0.4) is 0 Å². The molecule has 0 amide bonds. The van der Waals surface area contributed by atoms with Crippen molar-refractivity contribution in [3.05, 3.63) is 54.5 Å². The fraction of sp³-hybridized carbons (Fsp3) is 0.0625. The summed E-state index contributed by atoms with van der Waals surface area (Å²) in [5.41, 5.74) is 2.13. The highest BCUT2D eigenvalue weighted by Crippen LogP contribution is 2.32. The Hall–Kier alpha value is -2.27. The summed E-state index contributed by atoms with van der Waals surface area (Å²) in [6, 6.07) is 11.7. The van der Waals surface area contributed by atoms with Gasteiger partial charge in [-0.25, -0.2) is 4.39 Å². The molecular weight excluding hydrogens is 287 g/mol. The van der Waals surface area contributed by atoms with Crippen LogP contribution in [0.25, 0.3) is 10.9 Å². The number of hydrogen-bond donors (Lipinski definition) is 2. The maximum Gasteiger partial charge on any atom is 0.141 e. The van der Waals surface area contributed by atoms with E-state index in [0.29, 0.717) is 5.69 Å². The van der Waals surface area contributed by atoms with E-state index in [1.807, 2.05) is 30.5 Å². The number of pyridine rings is 1. The lowest BCUT2D eigenvalue weighted by Gasteiger charge is -2.11. The number of aromatic nitrogens is 1. The van der Waals surface area contributed by atoms with Crippen LogP contribution < -0.4 is 5.32 Å². The van der Waals surface area contributed by atoms with Crippen LogP contribution >= 0.6 is 11.8 Å². The molecule has 0 atom stereocenters. The van der Waals surface area contributed by atoms with E-state index in [1.165, 1.54) is 12.1 Å². The highest BCUT2D eigenvalue weighted by molar-refractivity contribution is 7.98. The number of nitrogens with zero attached hydrogens (tertiary/aromatic N) is 1. The van der Waals surface area contributed by atoms with Crippen LogP contribution in [0, 0.1) is 5.82 Å². The molecule has 2 aromatic carbocycles. The summed E-state index contributed by atoms with van der Waals surface area (Å²) in [4.78, 5) is 5.45. The van der Waals surface area contributed by atoms with Gasteiger partial charge in [0.05, 0.1) is 11.2 Å². The van der Waals surface area contributed by atoms with Gasteiger partial charge < -0.3 is 10.4 Å². The van der Waals surface area contributed by atoms with Crippen molar-refractivity contribution < 1.29 is 9.50 Å². The third kappa shape index (κ3) is 2.78. The van der Waals surface area contributed by atoms with Crippen LogP contribution in [0.2, 0.25) is 0 Å². The number of benzene rings is 2. The van der Waals surface area contributed by atoms with E-state index in [-0.39, 0.29) is 5.75 Å². The SMILES string of the molecule is CSc1ccc2nccc(Nc3ccc(F)cc3O)c2c1. The molecule has 0 spiro atoms. The minimum absolute atomic E-state index is 0.124. The van der Waals surface area contributed by atoms with E-state index in [1.54, 1.807) is 18.0 Å². The molecule has 3 aromatic rings. The molecule has 1 aromatic heterocycles. The van der Waals surface area contributed by atoms with Gasteiger partial charge in [0.1, 0.15) is 11.6 Å². The molecule has 0 aliphatic heterocycles. The molecule has 0 unspecified atom stereocenters. The van der Waals surface area contributed by atoms with Crippen molar-refractivity contribution in [3.63, 3.8) is 0 Å². The molecule has 0 radical (unpaired) electrons. The van der Waals surface area contributed by atoms with Crippen LogP contribution in [0.5, 0.6) is 5.75 Å². The molecule has 0 saturated heterocycles. The predicted molar refractivity (Wildman–Crippen MR) is 84.9 cm³/mol. The normalized spacial score (nSPS) is 10.8. The highest BCUT2D eigenvalue weighted by atomic mass is 32.2. The molecule has 0 bridgehead atoms. The molecular formula is C16H13FN2OS. The third-order valence-corrected chi connectivity index (χ3v) is 3.90. The summed E-state index contributed by atoms with van der Waals surface area (Å²) in [7, 11) is 0. The zero-order chi connectivity index (χ0) is 14.8. The average molecular weight is 300 g/mol. The topological polar surface area (TPSA) is 45.2 Å². The molecule has 3 rings (SSSR count). The fourth-order valence-electron chi connectivity index (χ4n) is 2.12. The van der Waals surface area contributed by atoms with Gasteiger partial charge in [0.25, 0.3) is 0 Å². The molecule has 106 valence electrons. The van der Waals surface area contributed by atoms with Crippen molar-refractivity contribution in [2.45, 2.75) is 4.90 Å². The first-order chi connectivity index (χ1) is 10.2. The lowest BCUT2D eigenvalue weighted by atomic mass is 10.1. The summed E-state index contributed by atoms with van der Waals surface area (Å²) in [6.45, 7) is 0. The van der Waals surface area contributed by atoms with Crippen LogP contribution in [0.1, 0.15) is 0 Å². The number of thioether (sulfide) groups is 1. The van der Waals surface area contributed by atoms with Crippen molar-refractivity contribution >= 4 is 34.0 Å². The monoisotopic (exact) mass is 300 g/mol. The van der Waals surface area contributed by atoms with Crippen molar-refractivity contribution in [3.8, 4) is 5.75 Å². The molecule has 3 nitrogen and oxygen atoms in total. The van der Waals surface area contributed by atoms with E-state index in [0.717, 1.165) is 27.6 Å². The van der Waals surface area contributed by atoms with Gasteiger partial charge in [-0.1, -0.05) is 0 Å². The van der Waals surface area contributed by atoms with Crippen molar-refractivity contribution in [1.29, 1.82) is 0 Å². The van der Waals surface area contributed by atoms with E-state index in [4.69, 9.17) is 0 Å². The Morgan fingerprint density at radius 1 is 1.10 bits per heavy atom. The van der Waals surface area contributed by atoms with E-state index >= 15 is 0 Å². The number of hydrogen-bond acceptors (Lipinski definition) is 4. The number of halogens is 1. The number of phenolic OH excluding ortho intramolecular Hbond substituents is 1. The average Bonchev–Trinajstić information content (AvgIpc) is 2.50. The van der Waals surface area contributed by atoms with E-state index in [9.17, 15) is 9.50 Å². The van der Waals surface area contributed by atoms with Gasteiger partial charge in [-0.2, -0.15) is 0 Å². The Bertz CT molecular complexity index is 807. The summed E-state index contributed by atoms with van der Waals surface area (Å²) in [5, 5.41) is 13.9. The smallest absolute Gasteiger partial charge is 0.141 e. The van der Waals surface area contributed by atoms with E-state index < -0.39 is 5.82 Å². The molecule has 0 saturated carbocycles. The number of nitrogens with one attached hydrogen (secondary N) is 1. The molecule has 0 fully saturated rings. The lowest BCUT2D eigenvalue weighted by molar-refractivity contribution is 0.471. The molecule has 1 heterocycles. The number of rotatable bonds is 3. The van der Waals surface area contributed by atoms with Gasteiger partial charge in [0, 0.05) is 28.2 Å². The Labute approximate surface area is 125 Å². The van der Waals surface area contributed by atoms with Crippen molar-refractivity contribution in [2.24, 2.45) is 0 Å². The van der Waals surface area contributed by atoms with Gasteiger partial charge in [-0.05, 0) is 42.7 Å². The van der Waals surface area contributed by atoms with Crippen molar-refractivity contribution in [1.82, 2.24) is 4.98 Å². The summed E-state index contributed by atoms with van der Waals surface area (Å²) in [5.74, 6) is -0.594. The zero-order valence-corrected chi connectivity index (χ0v) is 12.1. The second-order valence-electron chi connectivity index (χ2n) is 4.53. The first kappa shape index (κ1) is 13.7. The minimum Gasteiger partial charge on any atom is -0.506 e. The highest BCUT2D eigenvalue weighted by Gasteiger charge is 2.07. The van der Waals surface area contributed by atoms with E-state index in [2.05, 4.69) is 10.3 Å². The quantitative estimate of drug-likeness (QED) is 0.550. The van der Waals surface area contributed by atoms with Crippen molar-refractivity contribution in [2.75, 3.05) is 11.6 Å². The summed E-state index contributed by atoms with van der Waals surface area (Å²) >= 11 is 1.65. The van der Waals surface area contributed by atoms with Gasteiger partial charge in [0.2, 0.25) is 0 Å². The van der Waals surface area contributed by atoms with Gasteiger partial charge >= 0.3 is 0 Å². The zero-order valence-electron chi connectivity index (χ0n) is 11.3. The second kappa shape index (κ2) is 5.61. The van der Waals surface area contributed by atoms with Crippen LogP contribution in [0.4, 0.5) is 15.8 Å². The Morgan fingerprint density at radius 2 is 1.95 bits per heavy atom. The predicted octanol–water partition coefficient (Wildman–Crippen LogP) is 4.55. The largest absolute Gasteiger partial charge is 0.506 e. The Balaban J connectivity index is 2.07. The summed E-state index contributed by atoms with van der Waals surface area (Å²) < 4.78 is 13.0. The number of fused-ring (bicyclic) bond motifs is 1. The lowest BCUT2D eigenvalue weighted by Crippen LogP contribution is -1.93. The van der Waals surface area contributed by atoms with Gasteiger partial charge in [-0.3, -0.25) is 4.98 Å². The fourth-order valence-corrected chi connectivity index (χ4v) is 2.56. The Kier molecular flexibility index (Phi) is 3.66. The second-order valence-corrected chi connectivity index (χ2v) is 5.41. The maximum atomic E-state index is 13.0. The Morgan fingerprint density at radius 3 is 2.71 bits per heavy atom. The number of anilines is 2. The van der Waals surface area contributed by atoms with Crippen LogP contribution in [0.15, 0.2) is 53.6 Å². The molecule has 0 aliphatic carbocycles. The molecule has 2 N–H and O–H groups in total. The first-order valence-electron chi connectivity index (χ1n) is 6.35.